The van der Waals surface area contributed by atoms with Gasteiger partial charge in [0.25, 0.3) is 0 Å². The van der Waals surface area contributed by atoms with E-state index in [4.69, 9.17) is 0 Å². The van der Waals surface area contributed by atoms with Crippen molar-refractivity contribution in [3.8, 4) is 0 Å². The normalized spacial score (nSPS) is 23.2. The highest BCUT2D eigenvalue weighted by Crippen LogP contribution is 2.17. The molecule has 0 aromatic carbocycles. The van der Waals surface area contributed by atoms with Gasteiger partial charge in [-0.25, -0.2) is 9.97 Å². The molecule has 1 aliphatic heterocycles. The third-order valence-corrected chi connectivity index (χ3v) is 3.67. The Morgan fingerprint density at radius 2 is 2.24 bits per heavy atom. The maximum atomic E-state index is 4.11. The standard InChI is InChI=1S/C13H22N4/c1-3-11(2)13-9-17(6-4-5-16-13)12-7-14-10-15-8-12/h7-8,10-11,13,16H,3-6,9H2,1-2H3. The summed E-state index contributed by atoms with van der Waals surface area (Å²) in [6, 6.07) is 0.572. The molecule has 0 aliphatic carbocycles. The SMILES string of the molecule is CCC(C)C1CN(c2cncnc2)CCCN1. The van der Waals surface area contributed by atoms with E-state index in [-0.39, 0.29) is 0 Å². The Balaban J connectivity index is 2.07. The Hall–Kier alpha value is -1.16. The predicted molar refractivity (Wildman–Crippen MR) is 70.1 cm³/mol. The number of hydrogen-bond donors (Lipinski definition) is 1. The molecule has 1 fully saturated rings. The fraction of sp³-hybridized carbons (Fsp3) is 0.692. The summed E-state index contributed by atoms with van der Waals surface area (Å²) in [6.07, 6.45) is 7.81. The molecule has 0 amide bonds. The monoisotopic (exact) mass is 234 g/mol. The van der Waals surface area contributed by atoms with Crippen molar-refractivity contribution in [2.45, 2.75) is 32.7 Å². The van der Waals surface area contributed by atoms with Crippen LogP contribution in [0, 0.1) is 5.92 Å². The van der Waals surface area contributed by atoms with Crippen LogP contribution < -0.4 is 10.2 Å². The Kier molecular flexibility index (Phi) is 4.31. The number of anilines is 1. The number of rotatable bonds is 3. The number of hydrogen-bond acceptors (Lipinski definition) is 4. The average molecular weight is 234 g/mol. The van der Waals surface area contributed by atoms with Gasteiger partial charge in [-0.15, -0.1) is 0 Å². The van der Waals surface area contributed by atoms with Crippen LogP contribution in [0.5, 0.6) is 0 Å². The minimum Gasteiger partial charge on any atom is -0.367 e. The minimum atomic E-state index is 0.572. The highest BCUT2D eigenvalue weighted by Gasteiger charge is 2.21. The molecule has 0 spiro atoms. The first-order chi connectivity index (χ1) is 8.31. The lowest BCUT2D eigenvalue weighted by Crippen LogP contribution is -2.42. The van der Waals surface area contributed by atoms with Gasteiger partial charge < -0.3 is 10.2 Å². The van der Waals surface area contributed by atoms with Gasteiger partial charge in [0, 0.05) is 19.1 Å². The Bertz CT molecular complexity index is 327. The second kappa shape index (κ2) is 5.96. The van der Waals surface area contributed by atoms with Gasteiger partial charge in [-0.05, 0) is 18.9 Å². The molecule has 1 aromatic rings. The number of aromatic nitrogens is 2. The molecular weight excluding hydrogens is 212 g/mol. The van der Waals surface area contributed by atoms with E-state index in [0.29, 0.717) is 12.0 Å². The first-order valence-electron chi connectivity index (χ1n) is 6.54. The summed E-state index contributed by atoms with van der Waals surface area (Å²) >= 11 is 0. The lowest BCUT2D eigenvalue weighted by atomic mass is 9.99. The fourth-order valence-electron chi connectivity index (χ4n) is 2.31. The smallest absolute Gasteiger partial charge is 0.115 e. The second-order valence-corrected chi connectivity index (χ2v) is 4.84. The van der Waals surface area contributed by atoms with Crippen molar-refractivity contribution >= 4 is 5.69 Å². The van der Waals surface area contributed by atoms with E-state index in [1.165, 1.54) is 12.8 Å². The van der Waals surface area contributed by atoms with E-state index in [1.807, 2.05) is 12.4 Å². The molecule has 1 N–H and O–H groups in total. The summed E-state index contributed by atoms with van der Waals surface area (Å²) in [5.74, 6) is 0.709. The highest BCUT2D eigenvalue weighted by molar-refractivity contribution is 5.41. The van der Waals surface area contributed by atoms with Gasteiger partial charge in [0.1, 0.15) is 6.33 Å². The lowest BCUT2D eigenvalue weighted by Gasteiger charge is -2.29. The molecule has 1 saturated heterocycles. The molecule has 0 bridgehead atoms. The number of nitrogens with one attached hydrogen (secondary N) is 1. The van der Waals surface area contributed by atoms with Gasteiger partial charge in [-0.3, -0.25) is 0 Å². The van der Waals surface area contributed by atoms with Crippen molar-refractivity contribution < 1.29 is 0 Å². The molecule has 2 unspecified atom stereocenters. The third kappa shape index (κ3) is 3.16. The molecule has 2 rings (SSSR count). The zero-order valence-corrected chi connectivity index (χ0v) is 10.8. The van der Waals surface area contributed by atoms with Crippen LogP contribution in [0.3, 0.4) is 0 Å². The van der Waals surface area contributed by atoms with Gasteiger partial charge in [-0.1, -0.05) is 20.3 Å². The molecule has 1 aliphatic rings. The molecule has 2 atom stereocenters. The first-order valence-corrected chi connectivity index (χ1v) is 6.54. The van der Waals surface area contributed by atoms with E-state index in [9.17, 15) is 0 Å². The van der Waals surface area contributed by atoms with E-state index in [2.05, 4.69) is 34.0 Å². The zero-order valence-electron chi connectivity index (χ0n) is 10.8. The van der Waals surface area contributed by atoms with Crippen LogP contribution in [0.4, 0.5) is 5.69 Å². The number of nitrogens with zero attached hydrogens (tertiary/aromatic N) is 3. The van der Waals surface area contributed by atoms with Crippen molar-refractivity contribution in [3.05, 3.63) is 18.7 Å². The van der Waals surface area contributed by atoms with E-state index < -0.39 is 0 Å². The Morgan fingerprint density at radius 3 is 2.94 bits per heavy atom. The highest BCUT2D eigenvalue weighted by atomic mass is 15.2. The molecule has 94 valence electrons. The van der Waals surface area contributed by atoms with E-state index >= 15 is 0 Å². The van der Waals surface area contributed by atoms with Crippen molar-refractivity contribution in [3.63, 3.8) is 0 Å². The summed E-state index contributed by atoms with van der Waals surface area (Å²) in [5, 5.41) is 3.65. The maximum absolute atomic E-state index is 4.11. The fourth-order valence-corrected chi connectivity index (χ4v) is 2.31. The molecule has 1 aromatic heterocycles. The van der Waals surface area contributed by atoms with E-state index in [0.717, 1.165) is 25.3 Å². The molecule has 4 nitrogen and oxygen atoms in total. The summed E-state index contributed by atoms with van der Waals surface area (Å²) < 4.78 is 0. The summed E-state index contributed by atoms with van der Waals surface area (Å²) in [7, 11) is 0. The van der Waals surface area contributed by atoms with Gasteiger partial charge in [0.2, 0.25) is 0 Å². The summed E-state index contributed by atoms with van der Waals surface area (Å²) in [6.45, 7) is 7.84. The zero-order chi connectivity index (χ0) is 12.1. The Labute approximate surface area is 103 Å². The van der Waals surface area contributed by atoms with Crippen LogP contribution in [0.15, 0.2) is 18.7 Å². The summed E-state index contributed by atoms with van der Waals surface area (Å²) in [4.78, 5) is 10.6. The second-order valence-electron chi connectivity index (χ2n) is 4.84. The van der Waals surface area contributed by atoms with Gasteiger partial charge in [0.05, 0.1) is 18.1 Å². The Morgan fingerprint density at radius 1 is 1.47 bits per heavy atom. The quantitative estimate of drug-likeness (QED) is 0.864. The third-order valence-electron chi connectivity index (χ3n) is 3.67. The van der Waals surface area contributed by atoms with Crippen LogP contribution in [-0.4, -0.2) is 35.6 Å². The molecule has 0 saturated carbocycles. The topological polar surface area (TPSA) is 41.1 Å². The minimum absolute atomic E-state index is 0.572. The van der Waals surface area contributed by atoms with Crippen LogP contribution >= 0.6 is 0 Å². The van der Waals surface area contributed by atoms with Gasteiger partial charge in [-0.2, -0.15) is 0 Å². The average Bonchev–Trinajstić information content (AvgIpc) is 2.64. The van der Waals surface area contributed by atoms with Crippen molar-refractivity contribution in [2.24, 2.45) is 5.92 Å². The van der Waals surface area contributed by atoms with E-state index in [1.54, 1.807) is 6.33 Å². The molecule has 17 heavy (non-hydrogen) atoms. The first kappa shape index (κ1) is 12.3. The van der Waals surface area contributed by atoms with Gasteiger partial charge in [0.15, 0.2) is 0 Å². The van der Waals surface area contributed by atoms with Gasteiger partial charge >= 0.3 is 0 Å². The van der Waals surface area contributed by atoms with Crippen LogP contribution in [-0.2, 0) is 0 Å². The molecule has 0 radical (unpaired) electrons. The van der Waals surface area contributed by atoms with Crippen LogP contribution in [0.2, 0.25) is 0 Å². The molecular formula is C13H22N4. The predicted octanol–water partition coefficient (Wildman–Crippen LogP) is 1.69. The summed E-state index contributed by atoms with van der Waals surface area (Å²) in [5.41, 5.74) is 1.14. The van der Waals surface area contributed by atoms with Crippen molar-refractivity contribution in [2.75, 3.05) is 24.5 Å². The lowest BCUT2D eigenvalue weighted by molar-refractivity contribution is 0.384. The molecule has 4 heteroatoms. The molecule has 2 heterocycles. The maximum Gasteiger partial charge on any atom is 0.115 e. The largest absolute Gasteiger partial charge is 0.367 e. The van der Waals surface area contributed by atoms with Crippen LogP contribution in [0.25, 0.3) is 0 Å². The van der Waals surface area contributed by atoms with Crippen LogP contribution in [0.1, 0.15) is 26.7 Å². The van der Waals surface area contributed by atoms with Crippen molar-refractivity contribution in [1.82, 2.24) is 15.3 Å². The van der Waals surface area contributed by atoms with Crippen molar-refractivity contribution in [1.29, 1.82) is 0 Å².